The molecule has 0 amide bonds. The van der Waals surface area contributed by atoms with Gasteiger partial charge in [-0.1, -0.05) is 17.7 Å². The van der Waals surface area contributed by atoms with E-state index in [1.54, 1.807) is 7.11 Å². The van der Waals surface area contributed by atoms with E-state index in [2.05, 4.69) is 0 Å². The lowest BCUT2D eigenvalue weighted by atomic mass is 10.0. The van der Waals surface area contributed by atoms with Gasteiger partial charge in [0.1, 0.15) is 0 Å². The van der Waals surface area contributed by atoms with E-state index in [0.717, 1.165) is 16.1 Å². The Labute approximate surface area is 83.6 Å². The molecule has 0 aromatic heterocycles. The molecular weight excluding hydrogens is 186 g/mol. The van der Waals surface area contributed by atoms with Crippen molar-refractivity contribution in [2.24, 2.45) is 5.73 Å². The summed E-state index contributed by atoms with van der Waals surface area (Å²) in [5, 5.41) is 0.744. The predicted octanol–water partition coefficient (Wildman–Crippen LogP) is 2.29. The molecule has 0 saturated heterocycles. The molecule has 13 heavy (non-hydrogen) atoms. The summed E-state index contributed by atoms with van der Waals surface area (Å²) in [6.07, 6.45) is -0.0303. The molecule has 1 unspecified atom stereocenters. The Morgan fingerprint density at radius 2 is 2.23 bits per heavy atom. The van der Waals surface area contributed by atoms with Gasteiger partial charge in [-0.3, -0.25) is 0 Å². The molecule has 2 N–H and O–H groups in total. The van der Waals surface area contributed by atoms with Crippen LogP contribution in [0.5, 0.6) is 0 Å². The van der Waals surface area contributed by atoms with Gasteiger partial charge in [-0.2, -0.15) is 0 Å². The molecule has 0 heterocycles. The van der Waals surface area contributed by atoms with Crippen molar-refractivity contribution in [1.82, 2.24) is 0 Å². The number of aryl methyl sites for hydroxylation is 1. The molecular formula is C10H14ClNO. The quantitative estimate of drug-likeness (QED) is 0.811. The van der Waals surface area contributed by atoms with Gasteiger partial charge < -0.3 is 10.5 Å². The van der Waals surface area contributed by atoms with E-state index >= 15 is 0 Å². The molecule has 0 fully saturated rings. The lowest BCUT2D eigenvalue weighted by Crippen LogP contribution is -2.15. The second-order valence-corrected chi connectivity index (χ2v) is 3.40. The number of ether oxygens (including phenoxy) is 1. The Kier molecular flexibility index (Phi) is 3.72. The maximum Gasteiger partial charge on any atom is 0.0945 e. The predicted molar refractivity (Wildman–Crippen MR) is 55.0 cm³/mol. The maximum absolute atomic E-state index is 5.84. The Hall–Kier alpha value is -0.570. The third-order valence-electron chi connectivity index (χ3n) is 2.08. The topological polar surface area (TPSA) is 35.2 Å². The molecule has 0 bridgehead atoms. The minimum Gasteiger partial charge on any atom is -0.375 e. The average Bonchev–Trinajstić information content (AvgIpc) is 2.10. The Morgan fingerprint density at radius 3 is 2.69 bits per heavy atom. The minimum absolute atomic E-state index is 0.0303. The molecule has 1 aromatic carbocycles. The molecule has 0 spiro atoms. The second kappa shape index (κ2) is 4.61. The SMILES string of the molecule is COC(CN)c1ccc(Cl)cc1C. The van der Waals surface area contributed by atoms with Crippen LogP contribution in [0.2, 0.25) is 5.02 Å². The summed E-state index contributed by atoms with van der Waals surface area (Å²) in [5.41, 5.74) is 7.79. The van der Waals surface area contributed by atoms with Gasteiger partial charge in [0.2, 0.25) is 0 Å². The van der Waals surface area contributed by atoms with Crippen LogP contribution in [0.25, 0.3) is 0 Å². The summed E-state index contributed by atoms with van der Waals surface area (Å²) in [6, 6.07) is 5.73. The zero-order valence-corrected chi connectivity index (χ0v) is 8.64. The lowest BCUT2D eigenvalue weighted by Gasteiger charge is -2.15. The van der Waals surface area contributed by atoms with Crippen molar-refractivity contribution < 1.29 is 4.74 Å². The van der Waals surface area contributed by atoms with Gasteiger partial charge in [-0.05, 0) is 30.2 Å². The van der Waals surface area contributed by atoms with Crippen molar-refractivity contribution in [2.75, 3.05) is 13.7 Å². The van der Waals surface area contributed by atoms with Crippen molar-refractivity contribution >= 4 is 11.6 Å². The fourth-order valence-corrected chi connectivity index (χ4v) is 1.58. The molecule has 1 aromatic rings. The first kappa shape index (κ1) is 10.5. The van der Waals surface area contributed by atoms with Gasteiger partial charge in [-0.15, -0.1) is 0 Å². The number of nitrogens with two attached hydrogens (primary N) is 1. The number of halogens is 1. The molecule has 1 atom stereocenters. The molecule has 0 radical (unpaired) electrons. The molecule has 0 aliphatic heterocycles. The van der Waals surface area contributed by atoms with Gasteiger partial charge in [0, 0.05) is 18.7 Å². The standard InChI is InChI=1S/C10H14ClNO/c1-7-5-8(11)3-4-9(7)10(6-12)13-2/h3-5,10H,6,12H2,1-2H3. The first-order valence-corrected chi connectivity index (χ1v) is 4.55. The van der Waals surface area contributed by atoms with E-state index in [1.165, 1.54) is 0 Å². The lowest BCUT2D eigenvalue weighted by molar-refractivity contribution is 0.110. The first-order valence-electron chi connectivity index (χ1n) is 4.18. The smallest absolute Gasteiger partial charge is 0.0945 e. The van der Waals surface area contributed by atoms with Gasteiger partial charge >= 0.3 is 0 Å². The number of methoxy groups -OCH3 is 1. The minimum atomic E-state index is -0.0303. The Bertz CT molecular complexity index is 284. The fraction of sp³-hybridized carbons (Fsp3) is 0.400. The zero-order chi connectivity index (χ0) is 9.84. The molecule has 0 aliphatic rings. The van der Waals surface area contributed by atoms with Crippen molar-refractivity contribution in [3.63, 3.8) is 0 Å². The van der Waals surface area contributed by atoms with Crippen LogP contribution in [-0.4, -0.2) is 13.7 Å². The molecule has 1 rings (SSSR count). The highest BCUT2D eigenvalue weighted by atomic mass is 35.5. The van der Waals surface area contributed by atoms with Crippen LogP contribution in [0, 0.1) is 6.92 Å². The Morgan fingerprint density at radius 1 is 1.54 bits per heavy atom. The van der Waals surface area contributed by atoms with Crippen LogP contribution >= 0.6 is 11.6 Å². The highest BCUT2D eigenvalue weighted by Crippen LogP contribution is 2.22. The number of hydrogen-bond donors (Lipinski definition) is 1. The third kappa shape index (κ3) is 2.44. The van der Waals surface area contributed by atoms with E-state index in [9.17, 15) is 0 Å². The van der Waals surface area contributed by atoms with Gasteiger partial charge in [0.15, 0.2) is 0 Å². The summed E-state index contributed by atoms with van der Waals surface area (Å²) < 4.78 is 5.24. The number of rotatable bonds is 3. The van der Waals surface area contributed by atoms with E-state index < -0.39 is 0 Å². The molecule has 3 heteroatoms. The summed E-state index contributed by atoms with van der Waals surface area (Å²) in [4.78, 5) is 0. The zero-order valence-electron chi connectivity index (χ0n) is 7.88. The molecule has 0 saturated carbocycles. The highest BCUT2D eigenvalue weighted by Gasteiger charge is 2.10. The third-order valence-corrected chi connectivity index (χ3v) is 2.31. The summed E-state index contributed by atoms with van der Waals surface area (Å²) in [6.45, 7) is 2.49. The van der Waals surface area contributed by atoms with Crippen LogP contribution in [0.1, 0.15) is 17.2 Å². The molecule has 0 aliphatic carbocycles. The number of hydrogen-bond acceptors (Lipinski definition) is 2. The van der Waals surface area contributed by atoms with E-state index in [-0.39, 0.29) is 6.10 Å². The van der Waals surface area contributed by atoms with Crippen LogP contribution in [-0.2, 0) is 4.74 Å². The first-order chi connectivity index (χ1) is 6.19. The van der Waals surface area contributed by atoms with Gasteiger partial charge in [0.25, 0.3) is 0 Å². The van der Waals surface area contributed by atoms with Crippen molar-refractivity contribution in [1.29, 1.82) is 0 Å². The normalized spacial score (nSPS) is 12.9. The summed E-state index contributed by atoms with van der Waals surface area (Å²) >= 11 is 5.84. The van der Waals surface area contributed by atoms with Crippen LogP contribution in [0.3, 0.4) is 0 Å². The Balaban J connectivity index is 2.99. The molecule has 2 nitrogen and oxygen atoms in total. The molecule has 72 valence electrons. The average molecular weight is 200 g/mol. The van der Waals surface area contributed by atoms with E-state index in [0.29, 0.717) is 6.54 Å². The monoisotopic (exact) mass is 199 g/mol. The summed E-state index contributed by atoms with van der Waals surface area (Å²) in [7, 11) is 1.66. The van der Waals surface area contributed by atoms with Crippen molar-refractivity contribution in [3.05, 3.63) is 34.3 Å². The van der Waals surface area contributed by atoms with Crippen LogP contribution in [0.15, 0.2) is 18.2 Å². The summed E-state index contributed by atoms with van der Waals surface area (Å²) in [5.74, 6) is 0. The van der Waals surface area contributed by atoms with Crippen molar-refractivity contribution in [2.45, 2.75) is 13.0 Å². The van der Waals surface area contributed by atoms with Gasteiger partial charge in [-0.25, -0.2) is 0 Å². The largest absolute Gasteiger partial charge is 0.375 e. The van der Waals surface area contributed by atoms with Gasteiger partial charge in [0.05, 0.1) is 6.10 Å². The maximum atomic E-state index is 5.84. The van der Waals surface area contributed by atoms with Crippen molar-refractivity contribution in [3.8, 4) is 0 Å². The fourth-order valence-electron chi connectivity index (χ4n) is 1.35. The van der Waals surface area contributed by atoms with E-state index in [1.807, 2.05) is 25.1 Å². The second-order valence-electron chi connectivity index (χ2n) is 2.96. The van der Waals surface area contributed by atoms with Crippen LogP contribution in [0.4, 0.5) is 0 Å². The van der Waals surface area contributed by atoms with Crippen LogP contribution < -0.4 is 5.73 Å². The highest BCUT2D eigenvalue weighted by molar-refractivity contribution is 6.30. The van der Waals surface area contributed by atoms with E-state index in [4.69, 9.17) is 22.1 Å². The number of benzene rings is 1.